The molecule has 0 radical (unpaired) electrons. The Morgan fingerprint density at radius 3 is 2.65 bits per heavy atom. The molecule has 1 aromatic rings. The van der Waals surface area contributed by atoms with Crippen molar-refractivity contribution in [1.82, 2.24) is 0 Å². The molecule has 1 aliphatic rings. The molecule has 1 unspecified atom stereocenters. The van der Waals surface area contributed by atoms with Gasteiger partial charge in [0.2, 0.25) is 0 Å². The maximum Gasteiger partial charge on any atom is 0.0459 e. The molecule has 2 N–H and O–H groups in total. The molecule has 0 saturated heterocycles. The zero-order chi connectivity index (χ0) is 14.5. The first-order valence-corrected chi connectivity index (χ1v) is 8.31. The van der Waals surface area contributed by atoms with Crippen molar-refractivity contribution in [3.8, 4) is 0 Å². The van der Waals surface area contributed by atoms with E-state index in [1.54, 1.807) is 0 Å². The lowest BCUT2D eigenvalue weighted by Gasteiger charge is -2.34. The molecule has 2 nitrogen and oxygen atoms in total. The summed E-state index contributed by atoms with van der Waals surface area (Å²) in [5.41, 5.74) is 8.66. The van der Waals surface area contributed by atoms with E-state index in [4.69, 9.17) is 17.3 Å². The van der Waals surface area contributed by atoms with Crippen molar-refractivity contribution in [3.63, 3.8) is 0 Å². The molecule has 0 spiro atoms. The molecule has 1 atom stereocenters. The number of anilines is 1. The van der Waals surface area contributed by atoms with Crippen molar-refractivity contribution < 1.29 is 0 Å². The van der Waals surface area contributed by atoms with Crippen LogP contribution in [-0.4, -0.2) is 19.1 Å². The van der Waals surface area contributed by atoms with Crippen LogP contribution in [0.15, 0.2) is 18.2 Å². The fraction of sp³-hybridized carbons (Fsp3) is 0.647. The van der Waals surface area contributed by atoms with Gasteiger partial charge >= 0.3 is 0 Å². The largest absolute Gasteiger partial charge is 0.371 e. The molecule has 0 heterocycles. The van der Waals surface area contributed by atoms with Gasteiger partial charge in [0.1, 0.15) is 0 Å². The van der Waals surface area contributed by atoms with Crippen molar-refractivity contribution in [2.24, 2.45) is 11.7 Å². The second-order valence-electron chi connectivity index (χ2n) is 5.95. The van der Waals surface area contributed by atoms with E-state index < -0.39 is 0 Å². The van der Waals surface area contributed by atoms with E-state index in [0.29, 0.717) is 0 Å². The molecule has 3 heteroatoms. The molecule has 1 fully saturated rings. The van der Waals surface area contributed by atoms with Gasteiger partial charge in [0.25, 0.3) is 0 Å². The van der Waals surface area contributed by atoms with Crippen molar-refractivity contribution in [3.05, 3.63) is 28.8 Å². The Hall–Kier alpha value is -0.730. The van der Waals surface area contributed by atoms with E-state index in [1.165, 1.54) is 30.5 Å². The fourth-order valence-electron chi connectivity index (χ4n) is 2.84. The summed E-state index contributed by atoms with van der Waals surface area (Å²) in [5.74, 6) is 0.863. The molecule has 1 aromatic carbocycles. The molecule has 0 aromatic heterocycles. The number of hydrogen-bond donors (Lipinski definition) is 1. The van der Waals surface area contributed by atoms with Crippen LogP contribution in [0.1, 0.15) is 45.1 Å². The maximum atomic E-state index is 6.43. The number of halogens is 1. The zero-order valence-corrected chi connectivity index (χ0v) is 13.5. The monoisotopic (exact) mass is 294 g/mol. The van der Waals surface area contributed by atoms with Crippen LogP contribution in [0.4, 0.5) is 5.69 Å². The summed E-state index contributed by atoms with van der Waals surface area (Å²) in [6.07, 6.45) is 6.00. The first-order valence-electron chi connectivity index (χ1n) is 7.93. The third-order valence-electron chi connectivity index (χ3n) is 4.51. The third-order valence-corrected chi connectivity index (χ3v) is 4.86. The van der Waals surface area contributed by atoms with E-state index in [2.05, 4.69) is 30.9 Å². The van der Waals surface area contributed by atoms with Crippen LogP contribution in [0.2, 0.25) is 5.02 Å². The van der Waals surface area contributed by atoms with E-state index in [-0.39, 0.29) is 6.04 Å². The van der Waals surface area contributed by atoms with Crippen molar-refractivity contribution in [2.45, 2.75) is 52.0 Å². The Bertz CT molecular complexity index is 429. The Morgan fingerprint density at radius 1 is 1.35 bits per heavy atom. The average molecular weight is 295 g/mol. The van der Waals surface area contributed by atoms with Gasteiger partial charge in [-0.2, -0.15) is 0 Å². The smallest absolute Gasteiger partial charge is 0.0459 e. The minimum Gasteiger partial charge on any atom is -0.371 e. The Labute approximate surface area is 128 Å². The Balaban J connectivity index is 2.20. The second kappa shape index (κ2) is 7.33. The molecular formula is C17H27ClN2. The maximum absolute atomic E-state index is 6.43. The van der Waals surface area contributed by atoms with Gasteiger partial charge in [-0.15, -0.1) is 0 Å². The van der Waals surface area contributed by atoms with Gasteiger partial charge in [-0.25, -0.2) is 0 Å². The van der Waals surface area contributed by atoms with Crippen LogP contribution >= 0.6 is 11.6 Å². The molecule has 1 saturated carbocycles. The number of nitrogens with two attached hydrogens (primary N) is 1. The molecule has 112 valence electrons. The summed E-state index contributed by atoms with van der Waals surface area (Å²) in [4.78, 5) is 2.48. The predicted molar refractivity (Wildman–Crippen MR) is 88.7 cm³/mol. The second-order valence-corrected chi connectivity index (χ2v) is 6.35. The molecular weight excluding hydrogens is 268 g/mol. The number of benzene rings is 1. The summed E-state index contributed by atoms with van der Waals surface area (Å²) in [6, 6.07) is 6.43. The third kappa shape index (κ3) is 3.67. The molecule has 0 aliphatic heterocycles. The highest BCUT2D eigenvalue weighted by atomic mass is 35.5. The minimum absolute atomic E-state index is 0.191. The molecule has 2 rings (SSSR count). The van der Waals surface area contributed by atoms with Crippen LogP contribution in [-0.2, 0) is 6.42 Å². The summed E-state index contributed by atoms with van der Waals surface area (Å²) in [7, 11) is 0. The van der Waals surface area contributed by atoms with Crippen molar-refractivity contribution in [1.29, 1.82) is 0 Å². The lowest BCUT2D eigenvalue weighted by atomic mass is 9.85. The van der Waals surface area contributed by atoms with Crippen LogP contribution in [0, 0.1) is 5.92 Å². The topological polar surface area (TPSA) is 29.3 Å². The van der Waals surface area contributed by atoms with Crippen LogP contribution in [0.5, 0.6) is 0 Å². The lowest BCUT2D eigenvalue weighted by Crippen LogP contribution is -2.33. The van der Waals surface area contributed by atoms with Gasteiger partial charge in [-0.1, -0.05) is 31.0 Å². The van der Waals surface area contributed by atoms with Crippen LogP contribution in [0.25, 0.3) is 0 Å². The molecule has 1 aliphatic carbocycles. The van der Waals surface area contributed by atoms with Crippen molar-refractivity contribution >= 4 is 17.3 Å². The minimum atomic E-state index is 0.191. The Kier molecular flexibility index (Phi) is 5.74. The first-order chi connectivity index (χ1) is 9.65. The van der Waals surface area contributed by atoms with E-state index in [1.807, 2.05) is 6.07 Å². The molecule has 0 bridgehead atoms. The highest BCUT2D eigenvalue weighted by molar-refractivity contribution is 6.31. The van der Waals surface area contributed by atoms with Gasteiger partial charge < -0.3 is 10.6 Å². The highest BCUT2D eigenvalue weighted by Gasteiger charge is 2.22. The number of rotatable bonds is 7. The molecule has 20 heavy (non-hydrogen) atoms. The van der Waals surface area contributed by atoms with Gasteiger partial charge in [0.15, 0.2) is 0 Å². The fourth-order valence-corrected chi connectivity index (χ4v) is 3.08. The molecule has 0 amide bonds. The van der Waals surface area contributed by atoms with Gasteiger partial charge in [0, 0.05) is 29.8 Å². The zero-order valence-electron chi connectivity index (χ0n) is 12.7. The lowest BCUT2D eigenvalue weighted by molar-refractivity contribution is 0.318. The Morgan fingerprint density at radius 2 is 2.10 bits per heavy atom. The van der Waals surface area contributed by atoms with Gasteiger partial charge in [-0.3, -0.25) is 0 Å². The van der Waals surface area contributed by atoms with Gasteiger partial charge in [0.05, 0.1) is 0 Å². The van der Waals surface area contributed by atoms with Gasteiger partial charge in [-0.05, 0) is 56.2 Å². The highest BCUT2D eigenvalue weighted by Crippen LogP contribution is 2.33. The average Bonchev–Trinajstić information content (AvgIpc) is 2.40. The SMILES string of the molecule is CCC(N)Cc1c(Cl)cccc1N(CC)CC1CCC1. The number of nitrogens with zero attached hydrogens (tertiary/aromatic N) is 1. The normalized spacial score (nSPS) is 16.8. The van der Waals surface area contributed by atoms with E-state index >= 15 is 0 Å². The summed E-state index contributed by atoms with van der Waals surface area (Å²) in [6.45, 7) is 6.55. The summed E-state index contributed by atoms with van der Waals surface area (Å²) in [5, 5.41) is 0.860. The van der Waals surface area contributed by atoms with E-state index in [9.17, 15) is 0 Å². The van der Waals surface area contributed by atoms with Crippen LogP contribution < -0.4 is 10.6 Å². The summed E-state index contributed by atoms with van der Waals surface area (Å²) >= 11 is 6.43. The van der Waals surface area contributed by atoms with E-state index in [0.717, 1.165) is 36.9 Å². The standard InChI is InChI=1S/C17H27ClN2/c1-3-14(19)11-15-16(18)9-6-10-17(15)20(4-2)12-13-7-5-8-13/h6,9-10,13-14H,3-5,7-8,11-12,19H2,1-2H3. The predicted octanol–water partition coefficient (Wildman–Crippen LogP) is 4.25. The quantitative estimate of drug-likeness (QED) is 0.815. The first kappa shape index (κ1) is 15.7. The number of hydrogen-bond acceptors (Lipinski definition) is 2. The van der Waals surface area contributed by atoms with Crippen molar-refractivity contribution in [2.75, 3.05) is 18.0 Å². The summed E-state index contributed by atoms with van der Waals surface area (Å²) < 4.78 is 0. The van der Waals surface area contributed by atoms with Crippen LogP contribution in [0.3, 0.4) is 0 Å².